The number of aromatic nitrogens is 2. The molecule has 0 spiro atoms. The molecule has 2 heterocycles. The van der Waals surface area contributed by atoms with Crippen LogP contribution in [0.1, 0.15) is 68.3 Å². The van der Waals surface area contributed by atoms with Gasteiger partial charge in [0.05, 0.1) is 0 Å². The zero-order valence-corrected chi connectivity index (χ0v) is 11.1. The van der Waals surface area contributed by atoms with E-state index >= 15 is 0 Å². The van der Waals surface area contributed by atoms with Crippen LogP contribution in [0.5, 0.6) is 0 Å². The smallest absolute Gasteiger partial charge is 0.131 e. The third-order valence-electron chi connectivity index (χ3n) is 4.38. The molecule has 1 atom stereocenters. The van der Waals surface area contributed by atoms with E-state index in [1.165, 1.54) is 50.6 Å². The van der Waals surface area contributed by atoms with E-state index in [4.69, 9.17) is 4.98 Å². The molecule has 0 aromatic carbocycles. The molecular formula is C15H23N3. The van der Waals surface area contributed by atoms with Gasteiger partial charge in [0.2, 0.25) is 0 Å². The Balaban J connectivity index is 1.75. The van der Waals surface area contributed by atoms with Gasteiger partial charge in [-0.1, -0.05) is 19.3 Å². The van der Waals surface area contributed by atoms with Gasteiger partial charge in [-0.15, -0.1) is 0 Å². The van der Waals surface area contributed by atoms with Gasteiger partial charge in [0.25, 0.3) is 0 Å². The molecule has 2 fully saturated rings. The van der Waals surface area contributed by atoms with Crippen molar-refractivity contribution < 1.29 is 0 Å². The summed E-state index contributed by atoms with van der Waals surface area (Å²) in [7, 11) is 0. The Kier molecular flexibility index (Phi) is 3.89. The Bertz CT molecular complexity index is 346. The van der Waals surface area contributed by atoms with Crippen molar-refractivity contribution in [2.75, 3.05) is 13.1 Å². The lowest BCUT2D eigenvalue weighted by Crippen LogP contribution is -2.29. The zero-order chi connectivity index (χ0) is 12.2. The molecule has 1 aromatic rings. The summed E-state index contributed by atoms with van der Waals surface area (Å²) in [6.07, 6.45) is 11.2. The summed E-state index contributed by atoms with van der Waals surface area (Å²) in [5.41, 5.74) is 1.26. The number of hydrogen-bond donors (Lipinski definition) is 1. The van der Waals surface area contributed by atoms with Crippen LogP contribution in [0.3, 0.4) is 0 Å². The fraction of sp³-hybridized carbons (Fsp3) is 0.733. The van der Waals surface area contributed by atoms with Crippen molar-refractivity contribution in [3.05, 3.63) is 23.8 Å². The number of nitrogens with one attached hydrogen (secondary N) is 1. The van der Waals surface area contributed by atoms with Crippen LogP contribution < -0.4 is 5.32 Å². The van der Waals surface area contributed by atoms with Crippen LogP contribution in [0.15, 0.2) is 12.3 Å². The molecule has 0 radical (unpaired) electrons. The van der Waals surface area contributed by atoms with Crippen molar-refractivity contribution in [3.8, 4) is 0 Å². The summed E-state index contributed by atoms with van der Waals surface area (Å²) in [4.78, 5) is 9.40. The molecule has 0 bridgehead atoms. The number of piperidine rings is 1. The van der Waals surface area contributed by atoms with Gasteiger partial charge in [-0.2, -0.15) is 0 Å². The van der Waals surface area contributed by atoms with Gasteiger partial charge in [-0.25, -0.2) is 9.97 Å². The van der Waals surface area contributed by atoms with E-state index in [2.05, 4.69) is 16.4 Å². The fourth-order valence-corrected chi connectivity index (χ4v) is 3.28. The maximum absolute atomic E-state index is 4.87. The molecule has 1 aromatic heterocycles. The van der Waals surface area contributed by atoms with E-state index < -0.39 is 0 Å². The first-order valence-electron chi connectivity index (χ1n) is 7.47. The van der Waals surface area contributed by atoms with Crippen molar-refractivity contribution in [1.29, 1.82) is 0 Å². The van der Waals surface area contributed by atoms with Crippen molar-refractivity contribution >= 4 is 0 Å². The molecule has 3 heteroatoms. The molecule has 1 N–H and O–H groups in total. The maximum Gasteiger partial charge on any atom is 0.131 e. The van der Waals surface area contributed by atoms with Crippen LogP contribution in [0.25, 0.3) is 0 Å². The quantitative estimate of drug-likeness (QED) is 0.870. The Labute approximate surface area is 109 Å². The van der Waals surface area contributed by atoms with Crippen molar-refractivity contribution in [1.82, 2.24) is 15.3 Å². The molecule has 3 rings (SSSR count). The minimum atomic E-state index is 0.601. The molecule has 98 valence electrons. The Morgan fingerprint density at radius 1 is 1.00 bits per heavy atom. The van der Waals surface area contributed by atoms with Gasteiger partial charge >= 0.3 is 0 Å². The van der Waals surface area contributed by atoms with Gasteiger partial charge in [0, 0.05) is 30.3 Å². The first-order chi connectivity index (χ1) is 8.93. The molecule has 1 aliphatic carbocycles. The molecule has 0 amide bonds. The van der Waals surface area contributed by atoms with E-state index in [1.807, 2.05) is 6.20 Å². The highest BCUT2D eigenvalue weighted by molar-refractivity contribution is 5.12. The second-order valence-electron chi connectivity index (χ2n) is 5.72. The number of nitrogens with zero attached hydrogens (tertiary/aromatic N) is 2. The van der Waals surface area contributed by atoms with Gasteiger partial charge in [-0.05, 0) is 38.3 Å². The van der Waals surface area contributed by atoms with Crippen molar-refractivity contribution in [3.63, 3.8) is 0 Å². The first kappa shape index (κ1) is 12.1. The van der Waals surface area contributed by atoms with Crippen molar-refractivity contribution in [2.24, 2.45) is 0 Å². The molecule has 1 saturated carbocycles. The lowest BCUT2D eigenvalue weighted by atomic mass is 9.88. The average Bonchev–Trinajstić information content (AvgIpc) is 2.49. The highest BCUT2D eigenvalue weighted by Crippen LogP contribution is 2.31. The summed E-state index contributed by atoms with van der Waals surface area (Å²) in [6.45, 7) is 2.25. The van der Waals surface area contributed by atoms with Gasteiger partial charge in [0.1, 0.15) is 5.82 Å². The van der Waals surface area contributed by atoms with Crippen LogP contribution in [0.2, 0.25) is 0 Å². The van der Waals surface area contributed by atoms with E-state index in [1.54, 1.807) is 0 Å². The third kappa shape index (κ3) is 2.72. The second kappa shape index (κ2) is 5.79. The van der Waals surface area contributed by atoms with Crippen LogP contribution in [-0.4, -0.2) is 23.1 Å². The minimum Gasteiger partial charge on any atom is -0.316 e. The minimum absolute atomic E-state index is 0.601. The Hall–Kier alpha value is -0.960. The average molecular weight is 245 g/mol. The van der Waals surface area contributed by atoms with E-state index in [0.29, 0.717) is 11.8 Å². The Morgan fingerprint density at radius 2 is 1.83 bits per heavy atom. The highest BCUT2D eigenvalue weighted by atomic mass is 14.9. The van der Waals surface area contributed by atoms with E-state index in [0.717, 1.165) is 18.9 Å². The van der Waals surface area contributed by atoms with Crippen LogP contribution in [-0.2, 0) is 0 Å². The molecule has 18 heavy (non-hydrogen) atoms. The number of hydrogen-bond acceptors (Lipinski definition) is 3. The van der Waals surface area contributed by atoms with Gasteiger partial charge in [-0.3, -0.25) is 0 Å². The molecule has 2 aliphatic rings. The summed E-state index contributed by atoms with van der Waals surface area (Å²) in [5.74, 6) is 2.33. The predicted molar refractivity (Wildman–Crippen MR) is 72.7 cm³/mol. The largest absolute Gasteiger partial charge is 0.316 e. The standard InChI is InChI=1S/C15H23N3/c1-2-5-12(6-3-1)15-17-10-8-14(18-15)13-7-4-9-16-11-13/h8,10,12-13,16H,1-7,9,11H2. The summed E-state index contributed by atoms with van der Waals surface area (Å²) >= 11 is 0. The first-order valence-corrected chi connectivity index (χ1v) is 7.47. The lowest BCUT2D eigenvalue weighted by Gasteiger charge is -2.24. The monoisotopic (exact) mass is 245 g/mol. The topological polar surface area (TPSA) is 37.8 Å². The fourth-order valence-electron chi connectivity index (χ4n) is 3.28. The van der Waals surface area contributed by atoms with E-state index in [9.17, 15) is 0 Å². The SMILES string of the molecule is c1cc(C2CCCNC2)nc(C2CCCCC2)n1. The Morgan fingerprint density at radius 3 is 2.61 bits per heavy atom. The van der Waals surface area contributed by atoms with E-state index in [-0.39, 0.29) is 0 Å². The second-order valence-corrected chi connectivity index (χ2v) is 5.72. The van der Waals surface area contributed by atoms with Crippen LogP contribution >= 0.6 is 0 Å². The summed E-state index contributed by atoms with van der Waals surface area (Å²) in [6, 6.07) is 2.12. The lowest BCUT2D eigenvalue weighted by molar-refractivity contribution is 0.420. The van der Waals surface area contributed by atoms with Crippen LogP contribution in [0.4, 0.5) is 0 Å². The molecule has 1 unspecified atom stereocenters. The third-order valence-corrected chi connectivity index (χ3v) is 4.38. The van der Waals surface area contributed by atoms with Crippen molar-refractivity contribution in [2.45, 2.75) is 56.8 Å². The molecule has 1 saturated heterocycles. The highest BCUT2D eigenvalue weighted by Gasteiger charge is 2.21. The molecule has 1 aliphatic heterocycles. The maximum atomic E-state index is 4.87. The molecule has 3 nitrogen and oxygen atoms in total. The van der Waals surface area contributed by atoms with Gasteiger partial charge in [0.15, 0.2) is 0 Å². The summed E-state index contributed by atoms with van der Waals surface area (Å²) in [5, 5.41) is 3.47. The number of rotatable bonds is 2. The molecular weight excluding hydrogens is 222 g/mol. The van der Waals surface area contributed by atoms with Gasteiger partial charge < -0.3 is 5.32 Å². The van der Waals surface area contributed by atoms with Crippen LogP contribution in [0, 0.1) is 0 Å². The zero-order valence-electron chi connectivity index (χ0n) is 11.1. The normalized spacial score (nSPS) is 26.1. The summed E-state index contributed by atoms with van der Waals surface area (Å²) < 4.78 is 0. The predicted octanol–water partition coefficient (Wildman–Crippen LogP) is 2.99.